The van der Waals surface area contributed by atoms with Gasteiger partial charge in [-0.2, -0.15) is 0 Å². The van der Waals surface area contributed by atoms with Gasteiger partial charge in [0, 0.05) is 45.0 Å². The third-order valence-corrected chi connectivity index (χ3v) is 3.96. The molecule has 1 aromatic rings. The van der Waals surface area contributed by atoms with Crippen LogP contribution in [0.25, 0.3) is 0 Å². The van der Waals surface area contributed by atoms with E-state index in [1.165, 1.54) is 30.1 Å². The highest BCUT2D eigenvalue weighted by atomic mass is 16.5. The standard InChI is InChI=1S/C13H21N3O/c1-10-15-12-8-14-5-2-13(12)16(10)6-3-11-4-7-17-9-11/h11,14H,2-9H2,1H3. The zero-order valence-electron chi connectivity index (χ0n) is 10.5. The fourth-order valence-corrected chi connectivity index (χ4v) is 2.93. The quantitative estimate of drug-likeness (QED) is 0.857. The first-order valence-electron chi connectivity index (χ1n) is 6.68. The number of nitrogens with one attached hydrogen (secondary N) is 1. The van der Waals surface area contributed by atoms with E-state index in [2.05, 4.69) is 21.8 Å². The molecule has 1 N–H and O–H groups in total. The van der Waals surface area contributed by atoms with Gasteiger partial charge in [-0.1, -0.05) is 0 Å². The van der Waals surface area contributed by atoms with Crippen molar-refractivity contribution in [1.29, 1.82) is 0 Å². The Labute approximate surface area is 102 Å². The van der Waals surface area contributed by atoms with Crippen molar-refractivity contribution in [3.05, 3.63) is 17.2 Å². The summed E-state index contributed by atoms with van der Waals surface area (Å²) in [5.74, 6) is 1.94. The Morgan fingerprint density at radius 1 is 1.53 bits per heavy atom. The van der Waals surface area contributed by atoms with Crippen LogP contribution in [0.4, 0.5) is 0 Å². The molecule has 1 fully saturated rings. The van der Waals surface area contributed by atoms with E-state index in [0.717, 1.165) is 45.2 Å². The van der Waals surface area contributed by atoms with Gasteiger partial charge < -0.3 is 14.6 Å². The number of ether oxygens (including phenoxy) is 1. The molecule has 0 bridgehead atoms. The van der Waals surface area contributed by atoms with E-state index in [-0.39, 0.29) is 0 Å². The first kappa shape index (κ1) is 11.2. The van der Waals surface area contributed by atoms with E-state index in [4.69, 9.17) is 4.74 Å². The SMILES string of the molecule is Cc1nc2c(n1CCC1CCOC1)CCNC2. The summed E-state index contributed by atoms with van der Waals surface area (Å²) in [4.78, 5) is 4.67. The molecule has 0 amide bonds. The minimum atomic E-state index is 0.758. The van der Waals surface area contributed by atoms with Gasteiger partial charge in [0.2, 0.25) is 0 Å². The molecule has 4 heteroatoms. The highest BCUT2D eigenvalue weighted by molar-refractivity contribution is 5.19. The molecule has 2 aliphatic rings. The number of rotatable bonds is 3. The van der Waals surface area contributed by atoms with E-state index in [0.29, 0.717) is 0 Å². The predicted octanol–water partition coefficient (Wildman–Crippen LogP) is 1.26. The molecular weight excluding hydrogens is 214 g/mol. The molecule has 1 saturated heterocycles. The average Bonchev–Trinajstić information content (AvgIpc) is 2.93. The van der Waals surface area contributed by atoms with Gasteiger partial charge >= 0.3 is 0 Å². The van der Waals surface area contributed by atoms with Crippen molar-refractivity contribution >= 4 is 0 Å². The third-order valence-electron chi connectivity index (χ3n) is 3.96. The Hall–Kier alpha value is -0.870. The van der Waals surface area contributed by atoms with Crippen molar-refractivity contribution in [3.8, 4) is 0 Å². The van der Waals surface area contributed by atoms with Crippen LogP contribution < -0.4 is 5.32 Å². The fraction of sp³-hybridized carbons (Fsp3) is 0.769. The Morgan fingerprint density at radius 2 is 2.47 bits per heavy atom. The van der Waals surface area contributed by atoms with Crippen LogP contribution in [-0.4, -0.2) is 29.3 Å². The molecule has 4 nitrogen and oxygen atoms in total. The molecule has 1 atom stereocenters. The summed E-state index contributed by atoms with van der Waals surface area (Å²) in [5.41, 5.74) is 2.72. The molecule has 2 aliphatic heterocycles. The van der Waals surface area contributed by atoms with Crippen LogP contribution in [0.3, 0.4) is 0 Å². The maximum Gasteiger partial charge on any atom is 0.106 e. The Bertz CT molecular complexity index is 394. The van der Waals surface area contributed by atoms with E-state index in [9.17, 15) is 0 Å². The maximum absolute atomic E-state index is 5.43. The van der Waals surface area contributed by atoms with Crippen molar-refractivity contribution in [3.63, 3.8) is 0 Å². The van der Waals surface area contributed by atoms with Crippen LogP contribution >= 0.6 is 0 Å². The lowest BCUT2D eigenvalue weighted by Gasteiger charge is -2.17. The summed E-state index contributed by atoms with van der Waals surface area (Å²) < 4.78 is 7.86. The van der Waals surface area contributed by atoms with Crippen molar-refractivity contribution < 1.29 is 4.74 Å². The normalized spacial score (nSPS) is 23.9. The summed E-state index contributed by atoms with van der Waals surface area (Å²) in [6.07, 6.45) is 3.59. The molecule has 0 aliphatic carbocycles. The Balaban J connectivity index is 1.71. The van der Waals surface area contributed by atoms with Crippen molar-refractivity contribution in [2.45, 2.75) is 39.3 Å². The van der Waals surface area contributed by atoms with Crippen LogP contribution in [0.1, 0.15) is 30.1 Å². The second kappa shape index (κ2) is 4.78. The summed E-state index contributed by atoms with van der Waals surface area (Å²) in [5, 5.41) is 3.38. The van der Waals surface area contributed by atoms with Gasteiger partial charge in [-0.15, -0.1) is 0 Å². The zero-order valence-corrected chi connectivity index (χ0v) is 10.5. The van der Waals surface area contributed by atoms with Crippen molar-refractivity contribution in [1.82, 2.24) is 14.9 Å². The molecule has 3 rings (SSSR count). The summed E-state index contributed by atoms with van der Waals surface area (Å²) >= 11 is 0. The Morgan fingerprint density at radius 3 is 3.29 bits per heavy atom. The molecule has 1 unspecified atom stereocenters. The summed E-state index contributed by atoms with van der Waals surface area (Å²) in [6, 6.07) is 0. The molecule has 17 heavy (non-hydrogen) atoms. The molecule has 0 radical (unpaired) electrons. The fourth-order valence-electron chi connectivity index (χ4n) is 2.93. The first-order chi connectivity index (χ1) is 8.34. The minimum absolute atomic E-state index is 0.758. The lowest BCUT2D eigenvalue weighted by atomic mass is 10.1. The number of aromatic nitrogens is 2. The van der Waals surface area contributed by atoms with E-state index in [1.807, 2.05) is 0 Å². The van der Waals surface area contributed by atoms with Crippen LogP contribution in [-0.2, 0) is 24.2 Å². The van der Waals surface area contributed by atoms with Crippen molar-refractivity contribution in [2.75, 3.05) is 19.8 Å². The van der Waals surface area contributed by atoms with Crippen LogP contribution in [0.15, 0.2) is 0 Å². The number of hydrogen-bond donors (Lipinski definition) is 1. The first-order valence-corrected chi connectivity index (χ1v) is 6.68. The lowest BCUT2D eigenvalue weighted by Crippen LogP contribution is -2.25. The molecule has 1 aromatic heterocycles. The second-order valence-electron chi connectivity index (χ2n) is 5.15. The number of hydrogen-bond acceptors (Lipinski definition) is 3. The van der Waals surface area contributed by atoms with E-state index in [1.54, 1.807) is 0 Å². The van der Waals surface area contributed by atoms with Crippen molar-refractivity contribution in [2.24, 2.45) is 5.92 Å². The monoisotopic (exact) mass is 235 g/mol. The zero-order chi connectivity index (χ0) is 11.7. The number of aryl methyl sites for hydroxylation is 1. The van der Waals surface area contributed by atoms with Crippen LogP contribution in [0.5, 0.6) is 0 Å². The van der Waals surface area contributed by atoms with Crippen LogP contribution in [0, 0.1) is 12.8 Å². The number of fused-ring (bicyclic) bond motifs is 1. The maximum atomic E-state index is 5.43. The molecule has 0 spiro atoms. The number of nitrogens with zero attached hydrogens (tertiary/aromatic N) is 2. The minimum Gasteiger partial charge on any atom is -0.381 e. The summed E-state index contributed by atoms with van der Waals surface area (Å²) in [7, 11) is 0. The average molecular weight is 235 g/mol. The molecule has 94 valence electrons. The van der Waals surface area contributed by atoms with Gasteiger partial charge in [0.25, 0.3) is 0 Å². The van der Waals surface area contributed by atoms with Gasteiger partial charge in [0.1, 0.15) is 5.82 Å². The van der Waals surface area contributed by atoms with Gasteiger partial charge in [0.05, 0.1) is 5.69 Å². The highest BCUT2D eigenvalue weighted by Crippen LogP contribution is 2.21. The van der Waals surface area contributed by atoms with Gasteiger partial charge in [-0.25, -0.2) is 4.98 Å². The third kappa shape index (κ3) is 2.24. The Kier molecular flexibility index (Phi) is 3.16. The van der Waals surface area contributed by atoms with Gasteiger partial charge in [-0.05, 0) is 25.7 Å². The largest absolute Gasteiger partial charge is 0.381 e. The molecule has 0 saturated carbocycles. The molecular formula is C13H21N3O. The highest BCUT2D eigenvalue weighted by Gasteiger charge is 2.20. The van der Waals surface area contributed by atoms with E-state index >= 15 is 0 Å². The smallest absolute Gasteiger partial charge is 0.106 e. The topological polar surface area (TPSA) is 39.1 Å². The molecule has 3 heterocycles. The van der Waals surface area contributed by atoms with Gasteiger partial charge in [-0.3, -0.25) is 0 Å². The summed E-state index contributed by atoms with van der Waals surface area (Å²) in [6.45, 7) is 7.18. The number of imidazole rings is 1. The van der Waals surface area contributed by atoms with E-state index < -0.39 is 0 Å². The lowest BCUT2D eigenvalue weighted by molar-refractivity contribution is 0.183. The second-order valence-corrected chi connectivity index (χ2v) is 5.15. The predicted molar refractivity (Wildman–Crippen MR) is 65.9 cm³/mol. The van der Waals surface area contributed by atoms with Crippen LogP contribution in [0.2, 0.25) is 0 Å². The molecule has 0 aromatic carbocycles. The van der Waals surface area contributed by atoms with Gasteiger partial charge in [0.15, 0.2) is 0 Å².